The van der Waals surface area contributed by atoms with Crippen LogP contribution in [-0.2, 0) is 7.05 Å². The fraction of sp³-hybridized carbons (Fsp3) is 0.300. The number of carbonyl (C=O) groups excluding carboxylic acids is 2. The number of amides is 3. The van der Waals surface area contributed by atoms with Crippen molar-refractivity contribution in [1.82, 2.24) is 20.1 Å². The summed E-state index contributed by atoms with van der Waals surface area (Å²) in [4.78, 5) is 29.2. The Morgan fingerprint density at radius 2 is 1.71 bits per heavy atom. The van der Waals surface area contributed by atoms with E-state index in [4.69, 9.17) is 0 Å². The molecule has 0 spiro atoms. The number of anilines is 2. The summed E-state index contributed by atoms with van der Waals surface area (Å²) in [6.07, 6.45) is 2.08. The fourth-order valence-corrected chi connectivity index (χ4v) is 3.16. The van der Waals surface area contributed by atoms with E-state index in [1.54, 1.807) is 35.0 Å². The lowest BCUT2D eigenvalue weighted by Crippen LogP contribution is -2.30. The Kier molecular flexibility index (Phi) is 4.46. The minimum absolute atomic E-state index is 0.207. The summed E-state index contributed by atoms with van der Waals surface area (Å²) in [5.41, 5.74) is 4.05. The summed E-state index contributed by atoms with van der Waals surface area (Å²) < 4.78 is 1.68. The summed E-state index contributed by atoms with van der Waals surface area (Å²) in [6, 6.07) is 8.88. The van der Waals surface area contributed by atoms with Crippen LogP contribution in [0, 0.1) is 13.8 Å². The summed E-state index contributed by atoms with van der Waals surface area (Å²) in [5, 5.41) is 13.7. The average molecular weight is 378 g/mol. The summed E-state index contributed by atoms with van der Waals surface area (Å²) in [6.45, 7) is 3.72. The van der Waals surface area contributed by atoms with Gasteiger partial charge in [0, 0.05) is 30.2 Å². The molecule has 1 aromatic carbocycles. The number of nitrogens with zero attached hydrogens (tertiary/aromatic N) is 3. The van der Waals surface area contributed by atoms with Crippen LogP contribution >= 0.6 is 0 Å². The largest absolute Gasteiger partial charge is 0.335 e. The number of fused-ring (bicyclic) bond motifs is 1. The predicted molar refractivity (Wildman–Crippen MR) is 108 cm³/mol. The topological polar surface area (TPSA) is 101 Å². The van der Waals surface area contributed by atoms with Crippen molar-refractivity contribution >= 4 is 34.3 Å². The maximum Gasteiger partial charge on any atom is 0.319 e. The average Bonchev–Trinajstić information content (AvgIpc) is 3.41. The molecule has 144 valence electrons. The molecule has 3 N–H and O–H groups in total. The van der Waals surface area contributed by atoms with Crippen LogP contribution in [0.1, 0.15) is 34.6 Å². The third kappa shape index (κ3) is 3.66. The standard InChI is InChI=1S/C20H22N6O2/c1-11-10-16(17-12(2)25-26(3)18(17)21-11)19(27)22-13-4-6-14(7-5-13)23-20(28)24-15-8-9-15/h4-7,10,15H,8-9H2,1-3H3,(H,22,27)(H2,23,24,28). The van der Waals surface area contributed by atoms with Crippen molar-refractivity contribution in [3.63, 3.8) is 0 Å². The van der Waals surface area contributed by atoms with Crippen LogP contribution in [0.15, 0.2) is 30.3 Å². The molecular formula is C20H22N6O2. The molecule has 0 radical (unpaired) electrons. The van der Waals surface area contributed by atoms with Gasteiger partial charge in [0.1, 0.15) is 0 Å². The van der Waals surface area contributed by atoms with Gasteiger partial charge in [-0.15, -0.1) is 0 Å². The Bertz CT molecular complexity index is 1070. The van der Waals surface area contributed by atoms with Crippen LogP contribution in [0.4, 0.5) is 16.2 Å². The van der Waals surface area contributed by atoms with Crippen LogP contribution in [0.25, 0.3) is 11.0 Å². The van der Waals surface area contributed by atoms with Gasteiger partial charge in [0.15, 0.2) is 5.65 Å². The van der Waals surface area contributed by atoms with Gasteiger partial charge in [-0.25, -0.2) is 9.78 Å². The zero-order valence-corrected chi connectivity index (χ0v) is 16.0. The highest BCUT2D eigenvalue weighted by molar-refractivity contribution is 6.12. The van der Waals surface area contributed by atoms with Crippen molar-refractivity contribution in [2.75, 3.05) is 10.6 Å². The molecule has 4 rings (SSSR count). The second-order valence-electron chi connectivity index (χ2n) is 7.12. The van der Waals surface area contributed by atoms with Gasteiger partial charge in [0.05, 0.1) is 16.6 Å². The Hall–Kier alpha value is -3.42. The minimum atomic E-state index is -0.223. The molecule has 3 amide bonds. The van der Waals surface area contributed by atoms with E-state index in [0.29, 0.717) is 28.6 Å². The quantitative estimate of drug-likeness (QED) is 0.649. The normalized spacial score (nSPS) is 13.4. The molecule has 28 heavy (non-hydrogen) atoms. The molecule has 0 aliphatic heterocycles. The molecule has 2 aromatic heterocycles. The number of benzene rings is 1. The molecule has 2 heterocycles. The second-order valence-corrected chi connectivity index (χ2v) is 7.12. The van der Waals surface area contributed by atoms with E-state index >= 15 is 0 Å². The van der Waals surface area contributed by atoms with Gasteiger partial charge >= 0.3 is 6.03 Å². The second kappa shape index (κ2) is 6.95. The van der Waals surface area contributed by atoms with E-state index in [9.17, 15) is 9.59 Å². The van der Waals surface area contributed by atoms with Crippen LogP contribution in [0.3, 0.4) is 0 Å². The van der Waals surface area contributed by atoms with E-state index < -0.39 is 0 Å². The number of hydrogen-bond donors (Lipinski definition) is 3. The number of nitrogens with one attached hydrogen (secondary N) is 3. The Morgan fingerprint density at radius 3 is 2.36 bits per heavy atom. The Balaban J connectivity index is 1.50. The molecule has 1 aliphatic rings. The highest BCUT2D eigenvalue weighted by atomic mass is 16.2. The van der Waals surface area contributed by atoms with Gasteiger partial charge in [-0.2, -0.15) is 5.10 Å². The summed E-state index contributed by atoms with van der Waals surface area (Å²) in [7, 11) is 1.81. The molecule has 8 nitrogen and oxygen atoms in total. The summed E-state index contributed by atoms with van der Waals surface area (Å²) in [5.74, 6) is -0.223. The van der Waals surface area contributed by atoms with Crippen molar-refractivity contribution in [1.29, 1.82) is 0 Å². The SMILES string of the molecule is Cc1cc(C(=O)Nc2ccc(NC(=O)NC3CC3)cc2)c2c(C)nn(C)c2n1. The van der Waals surface area contributed by atoms with Gasteiger partial charge in [-0.05, 0) is 57.0 Å². The first-order chi connectivity index (χ1) is 13.4. The van der Waals surface area contributed by atoms with E-state index in [1.807, 2.05) is 20.9 Å². The maximum atomic E-state index is 12.9. The molecule has 0 atom stereocenters. The number of urea groups is 1. The number of aryl methyl sites for hydroxylation is 3. The first-order valence-corrected chi connectivity index (χ1v) is 9.20. The lowest BCUT2D eigenvalue weighted by atomic mass is 10.1. The lowest BCUT2D eigenvalue weighted by Gasteiger charge is -2.10. The third-order valence-electron chi connectivity index (χ3n) is 4.65. The van der Waals surface area contributed by atoms with Gasteiger partial charge < -0.3 is 16.0 Å². The van der Waals surface area contributed by atoms with Crippen molar-refractivity contribution in [3.8, 4) is 0 Å². The number of carbonyl (C=O) groups is 2. The van der Waals surface area contributed by atoms with Crippen molar-refractivity contribution in [3.05, 3.63) is 47.3 Å². The minimum Gasteiger partial charge on any atom is -0.335 e. The number of pyridine rings is 1. The van der Waals surface area contributed by atoms with Gasteiger partial charge in [0.2, 0.25) is 0 Å². The highest BCUT2D eigenvalue weighted by Crippen LogP contribution is 2.23. The zero-order chi connectivity index (χ0) is 19.8. The summed E-state index contributed by atoms with van der Waals surface area (Å²) >= 11 is 0. The Morgan fingerprint density at radius 1 is 1.07 bits per heavy atom. The number of hydrogen-bond acceptors (Lipinski definition) is 4. The van der Waals surface area contributed by atoms with Crippen LogP contribution in [0.2, 0.25) is 0 Å². The van der Waals surface area contributed by atoms with E-state index in [2.05, 4.69) is 26.0 Å². The first-order valence-electron chi connectivity index (χ1n) is 9.20. The Labute approximate surface area is 162 Å². The maximum absolute atomic E-state index is 12.9. The molecule has 8 heteroatoms. The van der Waals surface area contributed by atoms with Gasteiger partial charge in [0.25, 0.3) is 5.91 Å². The molecule has 0 saturated heterocycles. The predicted octanol–water partition coefficient (Wildman–Crippen LogP) is 3.12. The van der Waals surface area contributed by atoms with Crippen molar-refractivity contribution in [2.24, 2.45) is 7.05 Å². The fourth-order valence-electron chi connectivity index (χ4n) is 3.16. The van der Waals surface area contributed by atoms with Gasteiger partial charge in [-0.3, -0.25) is 9.48 Å². The molecule has 1 aliphatic carbocycles. The smallest absolute Gasteiger partial charge is 0.319 e. The molecule has 0 unspecified atom stereocenters. The molecule has 3 aromatic rings. The van der Waals surface area contributed by atoms with Crippen molar-refractivity contribution < 1.29 is 9.59 Å². The third-order valence-corrected chi connectivity index (χ3v) is 4.65. The monoisotopic (exact) mass is 378 g/mol. The number of aromatic nitrogens is 3. The van der Waals surface area contributed by atoms with Crippen LogP contribution in [0.5, 0.6) is 0 Å². The van der Waals surface area contributed by atoms with Crippen LogP contribution in [-0.4, -0.2) is 32.7 Å². The molecule has 1 saturated carbocycles. The lowest BCUT2D eigenvalue weighted by molar-refractivity contribution is 0.102. The molecular weight excluding hydrogens is 356 g/mol. The zero-order valence-electron chi connectivity index (χ0n) is 16.0. The highest BCUT2D eigenvalue weighted by Gasteiger charge is 2.23. The number of rotatable bonds is 4. The molecule has 1 fully saturated rings. The van der Waals surface area contributed by atoms with E-state index in [0.717, 1.165) is 29.6 Å². The van der Waals surface area contributed by atoms with Crippen LogP contribution < -0.4 is 16.0 Å². The van der Waals surface area contributed by atoms with Crippen molar-refractivity contribution in [2.45, 2.75) is 32.7 Å². The first kappa shape index (κ1) is 18.0. The van der Waals surface area contributed by atoms with E-state index in [-0.39, 0.29) is 11.9 Å². The van der Waals surface area contributed by atoms with E-state index in [1.165, 1.54) is 0 Å². The van der Waals surface area contributed by atoms with Gasteiger partial charge in [-0.1, -0.05) is 0 Å². The molecule has 0 bridgehead atoms.